The van der Waals surface area contributed by atoms with E-state index >= 15 is 0 Å². The minimum absolute atomic E-state index is 0.188. The van der Waals surface area contributed by atoms with Crippen LogP contribution in [0.1, 0.15) is 36.9 Å². The third-order valence-corrected chi connectivity index (χ3v) is 4.80. The number of esters is 1. The summed E-state index contributed by atoms with van der Waals surface area (Å²) in [6.45, 7) is 1.60. The molecule has 2 aromatic rings. The van der Waals surface area contributed by atoms with Crippen molar-refractivity contribution in [2.75, 3.05) is 6.61 Å². The van der Waals surface area contributed by atoms with Crippen LogP contribution < -0.4 is 5.32 Å². The fraction of sp³-hybridized carbons (Fsp3) is 0.300. The number of rotatable bonds is 6. The van der Waals surface area contributed by atoms with E-state index in [1.807, 2.05) is 49.4 Å². The molecule has 1 amide bonds. The van der Waals surface area contributed by atoms with Gasteiger partial charge in [-0.05, 0) is 43.0 Å². The first-order chi connectivity index (χ1) is 12.0. The Balaban J connectivity index is 1.52. The molecule has 1 atom stereocenters. The fourth-order valence-corrected chi connectivity index (χ4v) is 3.01. The molecule has 0 spiro atoms. The van der Waals surface area contributed by atoms with Crippen LogP contribution in [-0.2, 0) is 19.7 Å². The van der Waals surface area contributed by atoms with Gasteiger partial charge in [0.05, 0.1) is 11.5 Å². The average molecular weight is 358 g/mol. The van der Waals surface area contributed by atoms with Crippen molar-refractivity contribution in [2.45, 2.75) is 31.2 Å². The number of ether oxygens (including phenoxy) is 1. The topological polar surface area (TPSA) is 55.4 Å². The maximum atomic E-state index is 12.4. The van der Waals surface area contributed by atoms with Crippen LogP contribution in [0.3, 0.4) is 0 Å². The zero-order valence-electron chi connectivity index (χ0n) is 14.0. The van der Waals surface area contributed by atoms with Crippen LogP contribution in [0.25, 0.3) is 0 Å². The minimum Gasteiger partial charge on any atom is -0.455 e. The number of hydrogen-bond acceptors (Lipinski definition) is 3. The van der Waals surface area contributed by atoms with E-state index in [2.05, 4.69) is 5.32 Å². The molecule has 4 nitrogen and oxygen atoms in total. The lowest BCUT2D eigenvalue weighted by Crippen LogP contribution is -2.33. The standard InChI is InChI=1S/C20H20ClNO3/c1-14(15-7-9-17(21)10-8-15)22-18(23)13-25-19(24)20(11-12-20)16-5-3-2-4-6-16/h2-10,14H,11-13H2,1H3,(H,22,23)/t14-/m1/s1. The van der Waals surface area contributed by atoms with E-state index in [1.54, 1.807) is 12.1 Å². The van der Waals surface area contributed by atoms with Gasteiger partial charge in [-0.3, -0.25) is 9.59 Å². The van der Waals surface area contributed by atoms with Crippen LogP contribution in [0.15, 0.2) is 54.6 Å². The Morgan fingerprint density at radius 2 is 1.76 bits per heavy atom. The van der Waals surface area contributed by atoms with E-state index in [9.17, 15) is 9.59 Å². The minimum atomic E-state index is -0.566. The highest BCUT2D eigenvalue weighted by Gasteiger charge is 2.52. The van der Waals surface area contributed by atoms with Crippen LogP contribution in [0.2, 0.25) is 5.02 Å². The van der Waals surface area contributed by atoms with E-state index in [0.717, 1.165) is 24.0 Å². The van der Waals surface area contributed by atoms with Crippen molar-refractivity contribution >= 4 is 23.5 Å². The molecular formula is C20H20ClNO3. The smallest absolute Gasteiger partial charge is 0.317 e. The number of hydrogen-bond donors (Lipinski definition) is 1. The van der Waals surface area contributed by atoms with E-state index in [4.69, 9.17) is 16.3 Å². The van der Waals surface area contributed by atoms with E-state index in [0.29, 0.717) is 5.02 Å². The van der Waals surface area contributed by atoms with Crippen LogP contribution in [0.4, 0.5) is 0 Å². The van der Waals surface area contributed by atoms with Gasteiger partial charge in [-0.15, -0.1) is 0 Å². The third kappa shape index (κ3) is 4.02. The van der Waals surface area contributed by atoms with Gasteiger partial charge in [0.25, 0.3) is 5.91 Å². The summed E-state index contributed by atoms with van der Waals surface area (Å²) >= 11 is 5.86. The summed E-state index contributed by atoms with van der Waals surface area (Å²) in [7, 11) is 0. The highest BCUT2D eigenvalue weighted by molar-refractivity contribution is 6.30. The Labute approximate surface area is 152 Å². The molecule has 1 aliphatic carbocycles. The van der Waals surface area contributed by atoms with Crippen molar-refractivity contribution in [1.29, 1.82) is 0 Å². The first-order valence-corrected chi connectivity index (χ1v) is 8.67. The summed E-state index contributed by atoms with van der Waals surface area (Å²) in [6.07, 6.45) is 1.53. The molecular weight excluding hydrogens is 338 g/mol. The first-order valence-electron chi connectivity index (χ1n) is 8.29. The number of carbonyl (C=O) groups is 2. The Bertz CT molecular complexity index is 754. The Kier molecular flexibility index (Phi) is 5.09. The molecule has 25 heavy (non-hydrogen) atoms. The molecule has 0 saturated heterocycles. The van der Waals surface area contributed by atoms with Crippen LogP contribution in [-0.4, -0.2) is 18.5 Å². The normalized spacial score (nSPS) is 15.9. The molecule has 2 aromatic carbocycles. The number of carbonyl (C=O) groups excluding carboxylic acids is 2. The predicted molar refractivity (Wildman–Crippen MR) is 96.3 cm³/mol. The zero-order chi connectivity index (χ0) is 17.9. The lowest BCUT2D eigenvalue weighted by molar-refractivity contribution is -0.151. The van der Waals surface area contributed by atoms with Gasteiger partial charge in [0, 0.05) is 5.02 Å². The molecule has 0 heterocycles. The van der Waals surface area contributed by atoms with Crippen molar-refractivity contribution in [3.63, 3.8) is 0 Å². The Morgan fingerprint density at radius 1 is 1.12 bits per heavy atom. The molecule has 0 bridgehead atoms. The van der Waals surface area contributed by atoms with E-state index in [-0.39, 0.29) is 24.5 Å². The third-order valence-electron chi connectivity index (χ3n) is 4.55. The summed E-state index contributed by atoms with van der Waals surface area (Å²) in [5.41, 5.74) is 1.32. The molecule has 0 radical (unpaired) electrons. The lowest BCUT2D eigenvalue weighted by atomic mass is 9.96. The van der Waals surface area contributed by atoms with Gasteiger partial charge in [-0.1, -0.05) is 54.1 Å². The highest BCUT2D eigenvalue weighted by atomic mass is 35.5. The van der Waals surface area contributed by atoms with Crippen molar-refractivity contribution in [3.8, 4) is 0 Å². The van der Waals surface area contributed by atoms with Gasteiger partial charge in [0.1, 0.15) is 0 Å². The van der Waals surface area contributed by atoms with Crippen LogP contribution in [0, 0.1) is 0 Å². The monoisotopic (exact) mass is 357 g/mol. The van der Waals surface area contributed by atoms with Crippen molar-refractivity contribution in [3.05, 3.63) is 70.7 Å². The second-order valence-corrected chi connectivity index (χ2v) is 6.80. The summed E-state index contributed by atoms with van der Waals surface area (Å²) in [5, 5.41) is 3.47. The second kappa shape index (κ2) is 7.28. The number of amides is 1. The molecule has 3 rings (SSSR count). The summed E-state index contributed by atoms with van der Waals surface area (Å²) in [4.78, 5) is 24.5. The van der Waals surface area contributed by atoms with Gasteiger partial charge in [-0.2, -0.15) is 0 Å². The maximum absolute atomic E-state index is 12.4. The molecule has 1 saturated carbocycles. The second-order valence-electron chi connectivity index (χ2n) is 6.37. The van der Waals surface area contributed by atoms with Crippen molar-refractivity contribution in [1.82, 2.24) is 5.32 Å². The van der Waals surface area contributed by atoms with Gasteiger partial charge >= 0.3 is 5.97 Å². The average Bonchev–Trinajstić information content (AvgIpc) is 3.43. The predicted octanol–water partition coefficient (Wildman–Crippen LogP) is 3.79. The molecule has 0 aromatic heterocycles. The van der Waals surface area contributed by atoms with Gasteiger partial charge < -0.3 is 10.1 Å². The highest BCUT2D eigenvalue weighted by Crippen LogP contribution is 2.49. The first kappa shape index (κ1) is 17.5. The SMILES string of the molecule is C[C@@H](NC(=O)COC(=O)C1(c2ccccc2)CC1)c1ccc(Cl)cc1. The number of benzene rings is 2. The van der Waals surface area contributed by atoms with Crippen LogP contribution in [0.5, 0.6) is 0 Å². The summed E-state index contributed by atoms with van der Waals surface area (Å²) in [5.74, 6) is -0.646. The molecule has 1 fully saturated rings. The zero-order valence-corrected chi connectivity index (χ0v) is 14.8. The molecule has 1 aliphatic rings. The summed E-state index contributed by atoms with van der Waals surface area (Å²) < 4.78 is 5.27. The van der Waals surface area contributed by atoms with Crippen molar-refractivity contribution < 1.29 is 14.3 Å². The van der Waals surface area contributed by atoms with Gasteiger partial charge in [0.15, 0.2) is 6.61 Å². The number of nitrogens with one attached hydrogen (secondary N) is 1. The number of halogens is 1. The van der Waals surface area contributed by atoms with Crippen LogP contribution >= 0.6 is 11.6 Å². The molecule has 0 unspecified atom stereocenters. The fourth-order valence-electron chi connectivity index (χ4n) is 2.88. The quantitative estimate of drug-likeness (QED) is 0.800. The summed E-state index contributed by atoms with van der Waals surface area (Å²) in [6, 6.07) is 16.7. The Hall–Kier alpha value is -2.33. The molecule has 130 valence electrons. The van der Waals surface area contributed by atoms with Gasteiger partial charge in [-0.25, -0.2) is 0 Å². The molecule has 1 N–H and O–H groups in total. The molecule has 0 aliphatic heterocycles. The largest absolute Gasteiger partial charge is 0.455 e. The Morgan fingerprint density at radius 3 is 2.36 bits per heavy atom. The van der Waals surface area contributed by atoms with E-state index in [1.165, 1.54) is 0 Å². The van der Waals surface area contributed by atoms with Gasteiger partial charge in [0.2, 0.25) is 0 Å². The maximum Gasteiger partial charge on any atom is 0.317 e. The molecule has 5 heteroatoms. The van der Waals surface area contributed by atoms with E-state index < -0.39 is 5.41 Å². The lowest BCUT2D eigenvalue weighted by Gasteiger charge is -2.17. The van der Waals surface area contributed by atoms with Crippen molar-refractivity contribution in [2.24, 2.45) is 0 Å².